The van der Waals surface area contributed by atoms with E-state index in [0.29, 0.717) is 13.1 Å². The quantitative estimate of drug-likeness (QED) is 0.681. The Bertz CT molecular complexity index is 343. The molecule has 1 unspecified atom stereocenters. The molecule has 1 aliphatic heterocycles. The number of carboxylic acids is 1. The van der Waals surface area contributed by atoms with Crippen LogP contribution in [-0.4, -0.2) is 65.7 Å². The van der Waals surface area contributed by atoms with Crippen LogP contribution in [-0.2, 0) is 4.79 Å². The van der Waals surface area contributed by atoms with Gasteiger partial charge in [0, 0.05) is 32.6 Å². The number of nitrogens with one attached hydrogen (secondary N) is 1. The lowest BCUT2D eigenvalue weighted by atomic mass is 10.2. The smallest absolute Gasteiger partial charge is 0.327 e. The van der Waals surface area contributed by atoms with Crippen molar-refractivity contribution in [2.75, 3.05) is 32.7 Å². The number of amides is 2. The highest BCUT2D eigenvalue weighted by Crippen LogP contribution is 2.02. The van der Waals surface area contributed by atoms with Gasteiger partial charge in [0.25, 0.3) is 0 Å². The van der Waals surface area contributed by atoms with Gasteiger partial charge in [-0.1, -0.05) is 6.92 Å². The summed E-state index contributed by atoms with van der Waals surface area (Å²) in [6.45, 7) is 5.89. The standard InChI is InChI=1S/C12H19N3O3/c1-3-5-10(11(16)17)13-12(18)15-8-6-14(4-2)7-9-15/h1,10H,4-9H2,2H3,(H,13,18)(H,16,17). The molecule has 0 radical (unpaired) electrons. The first-order valence-electron chi connectivity index (χ1n) is 6.02. The number of carbonyl (C=O) groups excluding carboxylic acids is 1. The molecule has 0 aromatic heterocycles. The summed E-state index contributed by atoms with van der Waals surface area (Å²) in [5.41, 5.74) is 0. The molecule has 1 fully saturated rings. The number of hydrogen-bond donors (Lipinski definition) is 2. The van der Waals surface area contributed by atoms with Gasteiger partial charge in [0.1, 0.15) is 6.04 Å². The molecule has 0 saturated carbocycles. The van der Waals surface area contributed by atoms with Crippen molar-refractivity contribution in [1.29, 1.82) is 0 Å². The second-order valence-corrected chi connectivity index (χ2v) is 4.17. The van der Waals surface area contributed by atoms with Crippen molar-refractivity contribution in [2.24, 2.45) is 0 Å². The van der Waals surface area contributed by atoms with E-state index in [1.54, 1.807) is 4.90 Å². The lowest BCUT2D eigenvalue weighted by Crippen LogP contribution is -2.54. The van der Waals surface area contributed by atoms with Crippen molar-refractivity contribution in [1.82, 2.24) is 15.1 Å². The SMILES string of the molecule is C#CCC(NC(=O)N1CCN(CC)CC1)C(=O)O. The molecule has 6 heteroatoms. The lowest BCUT2D eigenvalue weighted by molar-refractivity contribution is -0.139. The van der Waals surface area contributed by atoms with Gasteiger partial charge < -0.3 is 20.2 Å². The summed E-state index contributed by atoms with van der Waals surface area (Å²) in [7, 11) is 0. The highest BCUT2D eigenvalue weighted by molar-refractivity contribution is 5.82. The molecule has 2 amide bonds. The van der Waals surface area contributed by atoms with Crippen LogP contribution in [0, 0.1) is 12.3 Å². The number of likely N-dealkylation sites (N-methyl/N-ethyl adjacent to an activating group) is 1. The summed E-state index contributed by atoms with van der Waals surface area (Å²) in [4.78, 5) is 26.6. The predicted molar refractivity (Wildman–Crippen MR) is 67.1 cm³/mol. The third-order valence-corrected chi connectivity index (χ3v) is 3.02. The van der Waals surface area contributed by atoms with Crippen LogP contribution in [0.15, 0.2) is 0 Å². The van der Waals surface area contributed by atoms with Gasteiger partial charge >= 0.3 is 12.0 Å². The second-order valence-electron chi connectivity index (χ2n) is 4.17. The number of nitrogens with zero attached hydrogens (tertiary/aromatic N) is 2. The average Bonchev–Trinajstić information content (AvgIpc) is 2.38. The Kier molecular flexibility index (Phi) is 5.46. The van der Waals surface area contributed by atoms with Gasteiger partial charge in [0.15, 0.2) is 0 Å². The van der Waals surface area contributed by atoms with Crippen molar-refractivity contribution < 1.29 is 14.7 Å². The fourth-order valence-electron chi connectivity index (χ4n) is 1.83. The molecule has 1 saturated heterocycles. The van der Waals surface area contributed by atoms with Crippen LogP contribution in [0.2, 0.25) is 0 Å². The van der Waals surface area contributed by atoms with Crippen LogP contribution in [0.5, 0.6) is 0 Å². The number of carbonyl (C=O) groups is 2. The van der Waals surface area contributed by atoms with Crippen molar-refractivity contribution in [2.45, 2.75) is 19.4 Å². The Morgan fingerprint density at radius 1 is 1.39 bits per heavy atom. The summed E-state index contributed by atoms with van der Waals surface area (Å²) in [5, 5.41) is 11.3. The first-order chi connectivity index (χ1) is 8.58. The molecule has 2 N–H and O–H groups in total. The maximum atomic E-state index is 11.8. The highest BCUT2D eigenvalue weighted by Gasteiger charge is 2.24. The number of urea groups is 1. The first-order valence-corrected chi connectivity index (χ1v) is 6.02. The van der Waals surface area contributed by atoms with E-state index in [4.69, 9.17) is 11.5 Å². The zero-order valence-electron chi connectivity index (χ0n) is 10.6. The third kappa shape index (κ3) is 3.93. The molecule has 18 heavy (non-hydrogen) atoms. The highest BCUT2D eigenvalue weighted by atomic mass is 16.4. The minimum absolute atomic E-state index is 0.00397. The second kappa shape index (κ2) is 6.87. The van der Waals surface area contributed by atoms with Crippen LogP contribution in [0.3, 0.4) is 0 Å². The lowest BCUT2D eigenvalue weighted by Gasteiger charge is -2.34. The summed E-state index contributed by atoms with van der Waals surface area (Å²) >= 11 is 0. The average molecular weight is 253 g/mol. The number of piperazine rings is 1. The van der Waals surface area contributed by atoms with E-state index in [0.717, 1.165) is 19.6 Å². The zero-order valence-corrected chi connectivity index (χ0v) is 10.6. The monoisotopic (exact) mass is 253 g/mol. The van der Waals surface area contributed by atoms with E-state index >= 15 is 0 Å². The predicted octanol–water partition coefficient (Wildman–Crippen LogP) is -0.190. The van der Waals surface area contributed by atoms with E-state index in [2.05, 4.69) is 23.1 Å². The van der Waals surface area contributed by atoms with Crippen molar-refractivity contribution >= 4 is 12.0 Å². The Morgan fingerprint density at radius 3 is 2.44 bits per heavy atom. The summed E-state index contributed by atoms with van der Waals surface area (Å²) < 4.78 is 0. The molecule has 0 bridgehead atoms. The van der Waals surface area contributed by atoms with E-state index < -0.39 is 12.0 Å². The fourth-order valence-corrected chi connectivity index (χ4v) is 1.83. The minimum Gasteiger partial charge on any atom is -0.480 e. The summed E-state index contributed by atoms with van der Waals surface area (Å²) in [6.07, 6.45) is 5.07. The Labute approximate surface area is 107 Å². The fraction of sp³-hybridized carbons (Fsp3) is 0.667. The van der Waals surface area contributed by atoms with E-state index in [9.17, 15) is 9.59 Å². The van der Waals surface area contributed by atoms with Crippen molar-refractivity contribution in [3.63, 3.8) is 0 Å². The molecule has 1 rings (SSSR count). The van der Waals surface area contributed by atoms with Crippen LogP contribution >= 0.6 is 0 Å². The molecule has 1 atom stereocenters. The zero-order chi connectivity index (χ0) is 13.5. The molecule has 0 aromatic rings. The largest absolute Gasteiger partial charge is 0.480 e. The number of aliphatic carboxylic acids is 1. The summed E-state index contributed by atoms with van der Waals surface area (Å²) in [5.74, 6) is 1.15. The van der Waals surface area contributed by atoms with Crippen LogP contribution in [0.1, 0.15) is 13.3 Å². The van der Waals surface area contributed by atoms with Crippen molar-refractivity contribution in [3.05, 3.63) is 0 Å². The van der Waals surface area contributed by atoms with Gasteiger partial charge in [-0.2, -0.15) is 0 Å². The van der Waals surface area contributed by atoms with Crippen LogP contribution in [0.25, 0.3) is 0 Å². The molecule has 0 aliphatic carbocycles. The molecular weight excluding hydrogens is 234 g/mol. The normalized spacial score (nSPS) is 17.9. The molecule has 1 aliphatic rings. The minimum atomic E-state index is -1.10. The number of rotatable bonds is 4. The van der Waals surface area contributed by atoms with Gasteiger partial charge in [-0.25, -0.2) is 9.59 Å². The molecule has 0 spiro atoms. The van der Waals surface area contributed by atoms with Gasteiger partial charge in [0.05, 0.1) is 0 Å². The van der Waals surface area contributed by atoms with Gasteiger partial charge in [0.2, 0.25) is 0 Å². The van der Waals surface area contributed by atoms with E-state index in [1.165, 1.54) is 0 Å². The number of carboxylic acid groups (broad SMARTS) is 1. The Balaban J connectivity index is 2.45. The van der Waals surface area contributed by atoms with Gasteiger partial charge in [-0.3, -0.25) is 0 Å². The topological polar surface area (TPSA) is 72.9 Å². The molecule has 0 aromatic carbocycles. The Morgan fingerprint density at radius 2 is 2.00 bits per heavy atom. The number of hydrogen-bond acceptors (Lipinski definition) is 3. The number of terminal acetylenes is 1. The summed E-state index contributed by atoms with van der Waals surface area (Å²) in [6, 6.07) is -1.36. The molecular formula is C12H19N3O3. The maximum Gasteiger partial charge on any atom is 0.327 e. The van der Waals surface area contributed by atoms with Gasteiger partial charge in [-0.15, -0.1) is 12.3 Å². The third-order valence-electron chi connectivity index (χ3n) is 3.02. The maximum absolute atomic E-state index is 11.8. The van der Waals surface area contributed by atoms with E-state index in [1.807, 2.05) is 0 Å². The van der Waals surface area contributed by atoms with E-state index in [-0.39, 0.29) is 12.5 Å². The van der Waals surface area contributed by atoms with Crippen LogP contribution < -0.4 is 5.32 Å². The first kappa shape index (κ1) is 14.3. The van der Waals surface area contributed by atoms with Crippen molar-refractivity contribution in [3.8, 4) is 12.3 Å². The molecule has 1 heterocycles. The van der Waals surface area contributed by atoms with Crippen LogP contribution in [0.4, 0.5) is 4.79 Å². The van der Waals surface area contributed by atoms with Gasteiger partial charge in [-0.05, 0) is 6.54 Å². The molecule has 6 nitrogen and oxygen atoms in total. The Hall–Kier alpha value is -1.74. The molecule has 100 valence electrons.